The van der Waals surface area contributed by atoms with Crippen molar-refractivity contribution in [3.63, 3.8) is 0 Å². The second-order valence-electron chi connectivity index (χ2n) is 19.1. The number of unbranched alkanes of at least 4 members (excludes halogenated alkanes) is 39. The predicted molar refractivity (Wildman–Crippen MR) is 268 cm³/mol. The molecule has 3 unspecified atom stereocenters. The molecule has 0 aliphatic heterocycles. The van der Waals surface area contributed by atoms with Gasteiger partial charge in [-0.1, -0.05) is 256 Å². The molecule has 0 spiro atoms. The number of hydrogen-bond donors (Lipinski definition) is 4. The molecule has 0 saturated carbocycles. The van der Waals surface area contributed by atoms with Gasteiger partial charge in [0.25, 0.3) is 0 Å². The maximum Gasteiger partial charge on any atom is 0.220 e. The summed E-state index contributed by atoms with van der Waals surface area (Å²) in [6, 6.07) is -0.825. The van der Waals surface area contributed by atoms with Gasteiger partial charge in [-0.15, -0.1) is 0 Å². The number of nitrogens with one attached hydrogen (secondary N) is 1. The molecule has 0 radical (unpaired) electrons. The lowest BCUT2D eigenvalue weighted by atomic mass is 10.0. The molecule has 0 aromatic heterocycles. The number of hydrogen-bond acceptors (Lipinski definition) is 4. The Hall–Kier alpha value is -1.17. The number of carbonyl (C=O) groups is 1. The van der Waals surface area contributed by atoms with Gasteiger partial charge in [-0.25, -0.2) is 0 Å². The molecule has 0 bridgehead atoms. The Morgan fingerprint density at radius 1 is 0.393 bits per heavy atom. The summed E-state index contributed by atoms with van der Waals surface area (Å²) in [6.07, 6.45) is 64.8. The van der Waals surface area contributed by atoms with Crippen molar-refractivity contribution in [1.29, 1.82) is 0 Å². The van der Waals surface area contributed by atoms with Crippen LogP contribution in [-0.4, -0.2) is 46.1 Å². The second kappa shape index (κ2) is 51.5. The highest BCUT2D eigenvalue weighted by Crippen LogP contribution is 2.17. The van der Waals surface area contributed by atoms with E-state index in [1.54, 1.807) is 0 Å². The van der Waals surface area contributed by atoms with Crippen molar-refractivity contribution >= 4 is 5.91 Å². The molecule has 5 nitrogen and oxygen atoms in total. The van der Waals surface area contributed by atoms with Crippen LogP contribution < -0.4 is 5.32 Å². The van der Waals surface area contributed by atoms with Crippen LogP contribution in [0.3, 0.4) is 0 Å². The van der Waals surface area contributed by atoms with Gasteiger partial charge < -0.3 is 20.6 Å². The fraction of sp³-hybridized carbons (Fsp3) is 0.911. The second-order valence-corrected chi connectivity index (χ2v) is 19.1. The average Bonchev–Trinajstić information content (AvgIpc) is 3.26. The monoisotopic (exact) mass is 860 g/mol. The third kappa shape index (κ3) is 46.6. The van der Waals surface area contributed by atoms with Crippen LogP contribution in [0.4, 0.5) is 0 Å². The summed E-state index contributed by atoms with van der Waals surface area (Å²) in [7, 11) is 0. The molecule has 0 aliphatic rings. The van der Waals surface area contributed by atoms with Crippen molar-refractivity contribution in [2.75, 3.05) is 6.61 Å². The van der Waals surface area contributed by atoms with Gasteiger partial charge in [-0.3, -0.25) is 4.79 Å². The molecule has 4 N–H and O–H groups in total. The minimum atomic E-state index is -1.16. The van der Waals surface area contributed by atoms with Gasteiger partial charge in [-0.05, 0) is 64.2 Å². The molecule has 0 rings (SSSR count). The highest BCUT2D eigenvalue weighted by atomic mass is 16.3. The molecular weight excluding hydrogens is 751 g/mol. The number of amides is 1. The number of allylic oxidation sites excluding steroid dienone is 4. The average molecular weight is 860 g/mol. The fourth-order valence-corrected chi connectivity index (χ4v) is 8.75. The minimum absolute atomic E-state index is 0.150. The number of carbonyl (C=O) groups excluding carboxylic acids is 1. The lowest BCUT2D eigenvalue weighted by Gasteiger charge is -2.26. The van der Waals surface area contributed by atoms with Gasteiger partial charge in [0.2, 0.25) is 5.91 Å². The summed E-state index contributed by atoms with van der Waals surface area (Å²) >= 11 is 0. The van der Waals surface area contributed by atoms with E-state index in [2.05, 4.69) is 43.5 Å². The standard InChI is InChI=1S/C56H109NO4/c1-3-5-7-9-11-13-15-17-19-21-23-24-25-26-27-28-29-30-31-32-33-35-37-39-41-43-45-47-49-51-55(60)57-53(52-58)56(61)54(59)50-48-46-44-42-40-38-36-34-22-20-18-16-14-12-10-8-6-4-2/h26-27,42,44,53-54,56,58-59,61H,3-25,28-41,43,45-52H2,1-2H3,(H,57,60)/b27-26-,44-42+. The van der Waals surface area contributed by atoms with Crippen molar-refractivity contribution in [3.8, 4) is 0 Å². The van der Waals surface area contributed by atoms with Crippen LogP contribution >= 0.6 is 0 Å². The Morgan fingerprint density at radius 3 is 0.951 bits per heavy atom. The van der Waals surface area contributed by atoms with Crippen LogP contribution in [0.15, 0.2) is 24.3 Å². The van der Waals surface area contributed by atoms with Crippen molar-refractivity contribution in [2.45, 2.75) is 321 Å². The van der Waals surface area contributed by atoms with Crippen LogP contribution in [0.2, 0.25) is 0 Å². The number of aliphatic hydroxyl groups is 3. The first-order valence-electron chi connectivity index (χ1n) is 27.6. The smallest absolute Gasteiger partial charge is 0.220 e. The van der Waals surface area contributed by atoms with Gasteiger partial charge >= 0.3 is 0 Å². The molecule has 362 valence electrons. The molecule has 0 aromatic carbocycles. The largest absolute Gasteiger partial charge is 0.394 e. The van der Waals surface area contributed by atoms with E-state index in [0.717, 1.165) is 38.5 Å². The zero-order valence-electron chi connectivity index (χ0n) is 41.3. The Kier molecular flexibility index (Phi) is 50.5. The summed E-state index contributed by atoms with van der Waals surface area (Å²) in [6.45, 7) is 4.20. The zero-order valence-corrected chi connectivity index (χ0v) is 41.3. The first-order chi connectivity index (χ1) is 30.1. The lowest BCUT2D eigenvalue weighted by Crippen LogP contribution is -2.50. The molecule has 3 atom stereocenters. The summed E-state index contributed by atoms with van der Waals surface area (Å²) in [5.41, 5.74) is 0. The molecule has 0 aromatic rings. The maximum atomic E-state index is 12.5. The SMILES string of the molecule is CCCCCCCCCCCCCC/C=C\CCCCCCCCCCCCCCCC(=O)NC(CO)C(O)C(O)CCC/C=C/CCCCCCCCCCCCCCC. The highest BCUT2D eigenvalue weighted by Gasteiger charge is 2.26. The van der Waals surface area contributed by atoms with E-state index in [0.29, 0.717) is 12.8 Å². The predicted octanol–water partition coefficient (Wildman–Crippen LogP) is 16.9. The van der Waals surface area contributed by atoms with E-state index in [-0.39, 0.29) is 12.5 Å². The Balaban J connectivity index is 3.54. The molecule has 0 aliphatic carbocycles. The summed E-state index contributed by atoms with van der Waals surface area (Å²) in [5.74, 6) is -0.150. The van der Waals surface area contributed by atoms with Crippen molar-refractivity contribution in [2.24, 2.45) is 0 Å². The zero-order chi connectivity index (χ0) is 44.4. The van der Waals surface area contributed by atoms with Crippen LogP contribution in [0, 0.1) is 0 Å². The normalized spacial score (nSPS) is 13.5. The maximum absolute atomic E-state index is 12.5. The molecule has 61 heavy (non-hydrogen) atoms. The van der Waals surface area contributed by atoms with Gasteiger partial charge in [-0.2, -0.15) is 0 Å². The summed E-state index contributed by atoms with van der Waals surface area (Å²) in [5, 5.41) is 33.7. The molecule has 1 amide bonds. The van der Waals surface area contributed by atoms with E-state index in [1.165, 1.54) is 238 Å². The van der Waals surface area contributed by atoms with Crippen LogP contribution in [-0.2, 0) is 4.79 Å². The van der Waals surface area contributed by atoms with E-state index in [1.807, 2.05) is 0 Å². The summed E-state index contributed by atoms with van der Waals surface area (Å²) in [4.78, 5) is 12.5. The topological polar surface area (TPSA) is 89.8 Å². The molecule has 0 saturated heterocycles. The van der Waals surface area contributed by atoms with Crippen LogP contribution in [0.5, 0.6) is 0 Å². The fourth-order valence-electron chi connectivity index (χ4n) is 8.75. The Labute approximate surface area is 382 Å². The molecule has 0 fully saturated rings. The molecule has 0 heterocycles. The van der Waals surface area contributed by atoms with E-state index in [9.17, 15) is 20.1 Å². The van der Waals surface area contributed by atoms with E-state index in [4.69, 9.17) is 0 Å². The summed E-state index contributed by atoms with van der Waals surface area (Å²) < 4.78 is 0. The third-order valence-electron chi connectivity index (χ3n) is 13.0. The van der Waals surface area contributed by atoms with Gasteiger partial charge in [0.15, 0.2) is 0 Å². The van der Waals surface area contributed by atoms with Gasteiger partial charge in [0, 0.05) is 6.42 Å². The molecule has 5 heteroatoms. The number of aliphatic hydroxyl groups excluding tert-OH is 3. The van der Waals surface area contributed by atoms with Crippen molar-refractivity contribution < 1.29 is 20.1 Å². The first kappa shape index (κ1) is 59.8. The van der Waals surface area contributed by atoms with Crippen molar-refractivity contribution in [1.82, 2.24) is 5.32 Å². The Bertz CT molecular complexity index is 905. The van der Waals surface area contributed by atoms with E-state index < -0.39 is 18.2 Å². The van der Waals surface area contributed by atoms with E-state index >= 15 is 0 Å². The van der Waals surface area contributed by atoms with Gasteiger partial charge in [0.05, 0.1) is 18.8 Å². The Morgan fingerprint density at radius 2 is 0.656 bits per heavy atom. The van der Waals surface area contributed by atoms with Crippen LogP contribution in [0.25, 0.3) is 0 Å². The van der Waals surface area contributed by atoms with Crippen molar-refractivity contribution in [3.05, 3.63) is 24.3 Å². The first-order valence-corrected chi connectivity index (χ1v) is 27.6. The number of rotatable bonds is 51. The quantitative estimate of drug-likeness (QED) is 0.0362. The third-order valence-corrected chi connectivity index (χ3v) is 13.0. The lowest BCUT2D eigenvalue weighted by molar-refractivity contribution is -0.124. The molecular formula is C56H109NO4. The minimum Gasteiger partial charge on any atom is -0.394 e. The van der Waals surface area contributed by atoms with Crippen LogP contribution in [0.1, 0.15) is 303 Å². The van der Waals surface area contributed by atoms with Gasteiger partial charge in [0.1, 0.15) is 6.10 Å². The highest BCUT2D eigenvalue weighted by molar-refractivity contribution is 5.76.